The number of morpholine rings is 1. The number of ether oxygens (including phenoxy) is 1. The summed E-state index contributed by atoms with van der Waals surface area (Å²) in [5.41, 5.74) is 0. The first-order valence-corrected chi connectivity index (χ1v) is 7.09. The third-order valence-electron chi connectivity index (χ3n) is 3.44. The van der Waals surface area contributed by atoms with Gasteiger partial charge >= 0.3 is 0 Å². The molecule has 1 atom stereocenters. The van der Waals surface area contributed by atoms with Crippen LogP contribution in [0.4, 0.5) is 0 Å². The quantitative estimate of drug-likeness (QED) is 0.641. The summed E-state index contributed by atoms with van der Waals surface area (Å²) in [4.78, 5) is 13.9. The second-order valence-electron chi connectivity index (χ2n) is 5.15. The van der Waals surface area contributed by atoms with Crippen molar-refractivity contribution in [3.63, 3.8) is 0 Å². The molecule has 0 radical (unpaired) electrons. The molecule has 1 fully saturated rings. The number of hydrogen-bond acceptors (Lipinski definition) is 2. The lowest BCUT2D eigenvalue weighted by atomic mass is 9.99. The monoisotopic (exact) mass is 241 g/mol. The van der Waals surface area contributed by atoms with Crippen LogP contribution < -0.4 is 0 Å². The van der Waals surface area contributed by atoms with Crippen LogP contribution in [-0.4, -0.2) is 37.1 Å². The minimum Gasteiger partial charge on any atom is -0.378 e. The van der Waals surface area contributed by atoms with Crippen LogP contribution in [0.5, 0.6) is 0 Å². The molecule has 1 saturated heterocycles. The number of unbranched alkanes of at least 4 members (excludes halogenated alkanes) is 3. The van der Waals surface area contributed by atoms with Gasteiger partial charge in [-0.2, -0.15) is 0 Å². The fourth-order valence-corrected chi connectivity index (χ4v) is 2.26. The van der Waals surface area contributed by atoms with Crippen LogP contribution in [-0.2, 0) is 9.53 Å². The van der Waals surface area contributed by atoms with Crippen LogP contribution >= 0.6 is 0 Å². The van der Waals surface area contributed by atoms with E-state index in [0.717, 1.165) is 13.1 Å². The van der Waals surface area contributed by atoms with E-state index in [1.165, 1.54) is 32.1 Å². The van der Waals surface area contributed by atoms with Gasteiger partial charge in [0.1, 0.15) is 0 Å². The highest BCUT2D eigenvalue weighted by Gasteiger charge is 2.18. The van der Waals surface area contributed by atoms with Crippen LogP contribution in [0.2, 0.25) is 0 Å². The van der Waals surface area contributed by atoms with Gasteiger partial charge in [0.15, 0.2) is 0 Å². The maximum absolute atomic E-state index is 12.0. The molecule has 1 amide bonds. The van der Waals surface area contributed by atoms with E-state index in [1.807, 2.05) is 4.90 Å². The largest absolute Gasteiger partial charge is 0.378 e. The molecule has 0 aromatic carbocycles. The minimum absolute atomic E-state index is 0.316. The number of hydrogen-bond donors (Lipinski definition) is 0. The predicted octanol–water partition coefficient (Wildman–Crippen LogP) is 2.84. The molecular weight excluding hydrogens is 214 g/mol. The van der Waals surface area contributed by atoms with E-state index >= 15 is 0 Å². The summed E-state index contributed by atoms with van der Waals surface area (Å²) in [6.45, 7) is 7.39. The number of amides is 1. The fraction of sp³-hybridized carbons (Fsp3) is 0.929. The van der Waals surface area contributed by atoms with Crippen molar-refractivity contribution < 1.29 is 9.53 Å². The van der Waals surface area contributed by atoms with E-state index in [0.29, 0.717) is 31.5 Å². The first-order valence-electron chi connectivity index (χ1n) is 7.09. The maximum Gasteiger partial charge on any atom is 0.222 e. The third kappa shape index (κ3) is 6.06. The molecule has 0 aromatic heterocycles. The van der Waals surface area contributed by atoms with Gasteiger partial charge < -0.3 is 9.64 Å². The van der Waals surface area contributed by atoms with E-state index in [1.54, 1.807) is 0 Å². The molecule has 1 aliphatic rings. The highest BCUT2D eigenvalue weighted by Crippen LogP contribution is 2.15. The Morgan fingerprint density at radius 3 is 2.59 bits per heavy atom. The minimum atomic E-state index is 0.316. The summed E-state index contributed by atoms with van der Waals surface area (Å²) < 4.78 is 5.25. The fourth-order valence-electron chi connectivity index (χ4n) is 2.26. The van der Waals surface area contributed by atoms with E-state index in [-0.39, 0.29) is 0 Å². The lowest BCUT2D eigenvalue weighted by Crippen LogP contribution is -2.41. The van der Waals surface area contributed by atoms with Gasteiger partial charge in [0.2, 0.25) is 5.91 Å². The Balaban J connectivity index is 2.11. The Morgan fingerprint density at radius 2 is 1.94 bits per heavy atom. The molecule has 17 heavy (non-hydrogen) atoms. The van der Waals surface area contributed by atoms with E-state index in [9.17, 15) is 4.79 Å². The van der Waals surface area contributed by atoms with Crippen molar-refractivity contribution in [3.8, 4) is 0 Å². The first kappa shape index (κ1) is 14.5. The zero-order valence-electron chi connectivity index (χ0n) is 11.4. The Labute approximate surface area is 106 Å². The molecule has 1 rings (SSSR count). The Kier molecular flexibility index (Phi) is 7.25. The van der Waals surface area contributed by atoms with Gasteiger partial charge in [-0.15, -0.1) is 0 Å². The zero-order chi connectivity index (χ0) is 12.5. The summed E-state index contributed by atoms with van der Waals surface area (Å²) in [6.07, 6.45) is 7.09. The highest BCUT2D eigenvalue weighted by molar-refractivity contribution is 5.76. The molecule has 0 N–H and O–H groups in total. The smallest absolute Gasteiger partial charge is 0.222 e. The SMILES string of the molecule is CCCCCCC(C)CC(=O)N1CCOCC1. The Hall–Kier alpha value is -0.570. The highest BCUT2D eigenvalue weighted by atomic mass is 16.5. The standard InChI is InChI=1S/C14H27NO2/c1-3-4-5-6-7-13(2)12-14(16)15-8-10-17-11-9-15/h13H,3-12H2,1-2H3. The first-order chi connectivity index (χ1) is 8.24. The van der Waals surface area contributed by atoms with Crippen LogP contribution in [0, 0.1) is 5.92 Å². The zero-order valence-corrected chi connectivity index (χ0v) is 11.4. The van der Waals surface area contributed by atoms with Gasteiger partial charge in [0.05, 0.1) is 13.2 Å². The Bertz CT molecular complexity index is 212. The normalized spacial score (nSPS) is 18.1. The maximum atomic E-state index is 12.0. The van der Waals surface area contributed by atoms with Crippen molar-refractivity contribution in [2.24, 2.45) is 5.92 Å². The van der Waals surface area contributed by atoms with E-state index in [2.05, 4.69) is 13.8 Å². The van der Waals surface area contributed by atoms with Crippen molar-refractivity contribution in [2.45, 2.75) is 52.4 Å². The van der Waals surface area contributed by atoms with Gasteiger partial charge in [0, 0.05) is 19.5 Å². The van der Waals surface area contributed by atoms with Crippen LogP contribution in [0.1, 0.15) is 52.4 Å². The van der Waals surface area contributed by atoms with Gasteiger partial charge in [-0.25, -0.2) is 0 Å². The Morgan fingerprint density at radius 1 is 1.24 bits per heavy atom. The molecule has 100 valence electrons. The number of nitrogens with zero attached hydrogens (tertiary/aromatic N) is 1. The lowest BCUT2D eigenvalue weighted by Gasteiger charge is -2.27. The van der Waals surface area contributed by atoms with Gasteiger partial charge in [-0.3, -0.25) is 4.79 Å². The number of carbonyl (C=O) groups excluding carboxylic acids is 1. The van der Waals surface area contributed by atoms with Gasteiger partial charge in [0.25, 0.3) is 0 Å². The summed E-state index contributed by atoms with van der Waals surface area (Å²) in [5.74, 6) is 0.846. The third-order valence-corrected chi connectivity index (χ3v) is 3.44. The molecule has 3 heteroatoms. The molecule has 3 nitrogen and oxygen atoms in total. The second-order valence-corrected chi connectivity index (χ2v) is 5.15. The molecule has 0 aromatic rings. The molecule has 0 spiro atoms. The van der Waals surface area contributed by atoms with Crippen molar-refractivity contribution >= 4 is 5.91 Å². The lowest BCUT2D eigenvalue weighted by molar-refractivity contribution is -0.136. The van der Waals surface area contributed by atoms with Crippen molar-refractivity contribution in [1.82, 2.24) is 4.90 Å². The second kappa shape index (κ2) is 8.51. The van der Waals surface area contributed by atoms with Crippen LogP contribution in [0.3, 0.4) is 0 Å². The molecule has 0 aliphatic carbocycles. The molecule has 1 heterocycles. The van der Waals surface area contributed by atoms with Gasteiger partial charge in [-0.1, -0.05) is 46.0 Å². The molecule has 1 unspecified atom stereocenters. The average Bonchev–Trinajstić information content (AvgIpc) is 2.36. The topological polar surface area (TPSA) is 29.5 Å². The van der Waals surface area contributed by atoms with Gasteiger partial charge in [-0.05, 0) is 5.92 Å². The summed E-state index contributed by atoms with van der Waals surface area (Å²) in [7, 11) is 0. The number of rotatable bonds is 7. The molecule has 1 aliphatic heterocycles. The van der Waals surface area contributed by atoms with Crippen LogP contribution in [0.15, 0.2) is 0 Å². The van der Waals surface area contributed by atoms with Crippen molar-refractivity contribution in [1.29, 1.82) is 0 Å². The summed E-state index contributed by atoms with van der Waals surface area (Å²) in [5, 5.41) is 0. The summed E-state index contributed by atoms with van der Waals surface area (Å²) in [6, 6.07) is 0. The van der Waals surface area contributed by atoms with Crippen molar-refractivity contribution in [2.75, 3.05) is 26.3 Å². The molecular formula is C14H27NO2. The molecule has 0 bridgehead atoms. The molecule has 0 saturated carbocycles. The number of carbonyl (C=O) groups is 1. The average molecular weight is 241 g/mol. The van der Waals surface area contributed by atoms with Crippen LogP contribution in [0.25, 0.3) is 0 Å². The predicted molar refractivity (Wildman–Crippen MR) is 69.9 cm³/mol. The van der Waals surface area contributed by atoms with Crippen molar-refractivity contribution in [3.05, 3.63) is 0 Å². The van der Waals surface area contributed by atoms with E-state index in [4.69, 9.17) is 4.74 Å². The summed E-state index contributed by atoms with van der Waals surface area (Å²) >= 11 is 0. The van der Waals surface area contributed by atoms with E-state index < -0.39 is 0 Å².